The maximum atomic E-state index is 12.1. The van der Waals surface area contributed by atoms with Crippen LogP contribution < -0.4 is 14.8 Å². The van der Waals surface area contributed by atoms with E-state index < -0.39 is 18.7 Å². The minimum absolute atomic E-state index is 0.0929. The molecule has 1 aromatic carbocycles. The molecule has 0 atom stereocenters. The maximum absolute atomic E-state index is 12.1. The van der Waals surface area contributed by atoms with Crippen molar-refractivity contribution >= 4 is 17.5 Å². The Hall–Kier alpha value is -2.48. The summed E-state index contributed by atoms with van der Waals surface area (Å²) in [5.74, 6) is -0.197. The summed E-state index contributed by atoms with van der Waals surface area (Å²) < 4.78 is 46.2. The van der Waals surface area contributed by atoms with Gasteiger partial charge in [0.05, 0.1) is 5.02 Å². The van der Waals surface area contributed by atoms with E-state index in [0.29, 0.717) is 16.3 Å². The van der Waals surface area contributed by atoms with Gasteiger partial charge in [0.15, 0.2) is 13.2 Å². The molecule has 1 N–H and O–H groups in total. The quantitative estimate of drug-likeness (QED) is 0.807. The molecule has 1 aromatic heterocycles. The van der Waals surface area contributed by atoms with Crippen LogP contribution in [0.5, 0.6) is 11.6 Å². The number of nitrogens with one attached hydrogen (secondary N) is 1. The number of rotatable bonds is 7. The average Bonchev–Trinajstić information content (AvgIpc) is 2.57. The summed E-state index contributed by atoms with van der Waals surface area (Å²) in [5, 5.41) is 2.96. The summed E-state index contributed by atoms with van der Waals surface area (Å²) in [6.07, 6.45) is -3.14. The van der Waals surface area contributed by atoms with Crippen molar-refractivity contribution in [1.82, 2.24) is 10.3 Å². The molecule has 1 amide bonds. The van der Waals surface area contributed by atoms with Gasteiger partial charge < -0.3 is 14.8 Å². The highest BCUT2D eigenvalue weighted by Crippen LogP contribution is 2.22. The lowest BCUT2D eigenvalue weighted by Gasteiger charge is -2.10. The van der Waals surface area contributed by atoms with E-state index in [9.17, 15) is 18.0 Å². The molecule has 2 aromatic rings. The number of nitrogens with zero attached hydrogens (tertiary/aromatic N) is 1. The van der Waals surface area contributed by atoms with Crippen molar-refractivity contribution in [2.24, 2.45) is 0 Å². The first kappa shape index (κ1) is 18.9. The van der Waals surface area contributed by atoms with Crippen LogP contribution in [0, 0.1) is 0 Å². The number of hydrogen-bond donors (Lipinski definition) is 1. The Morgan fingerprint density at radius 3 is 2.68 bits per heavy atom. The van der Waals surface area contributed by atoms with E-state index in [-0.39, 0.29) is 19.0 Å². The predicted octanol–water partition coefficient (Wildman–Crippen LogP) is 3.37. The van der Waals surface area contributed by atoms with Crippen molar-refractivity contribution < 1.29 is 27.4 Å². The number of amides is 1. The molecular formula is C16H14ClF3N2O3. The first-order chi connectivity index (χ1) is 11.8. The Bertz CT molecular complexity index is 726. The zero-order valence-electron chi connectivity index (χ0n) is 12.8. The highest BCUT2D eigenvalue weighted by molar-refractivity contribution is 6.32. The molecule has 0 unspecified atom stereocenters. The summed E-state index contributed by atoms with van der Waals surface area (Å²) in [6, 6.07) is 9.59. The van der Waals surface area contributed by atoms with E-state index in [0.717, 1.165) is 0 Å². The fourth-order valence-electron chi connectivity index (χ4n) is 1.75. The van der Waals surface area contributed by atoms with Gasteiger partial charge in [-0.25, -0.2) is 4.98 Å². The van der Waals surface area contributed by atoms with Crippen LogP contribution in [-0.2, 0) is 11.3 Å². The monoisotopic (exact) mass is 374 g/mol. The topological polar surface area (TPSA) is 60.5 Å². The van der Waals surface area contributed by atoms with Gasteiger partial charge in [-0.2, -0.15) is 13.2 Å². The average molecular weight is 375 g/mol. The smallest absolute Gasteiger partial charge is 0.422 e. The van der Waals surface area contributed by atoms with Crippen molar-refractivity contribution in [3.63, 3.8) is 0 Å². The summed E-state index contributed by atoms with van der Waals surface area (Å²) in [5.41, 5.74) is 0.540. The zero-order valence-corrected chi connectivity index (χ0v) is 13.6. The van der Waals surface area contributed by atoms with E-state index in [1.807, 2.05) is 0 Å². The second-order valence-corrected chi connectivity index (χ2v) is 5.31. The van der Waals surface area contributed by atoms with Crippen molar-refractivity contribution in [3.05, 3.63) is 53.2 Å². The third-order valence-electron chi connectivity index (χ3n) is 2.87. The highest BCUT2D eigenvalue weighted by Gasteiger charge is 2.28. The second-order valence-electron chi connectivity index (χ2n) is 4.90. The lowest BCUT2D eigenvalue weighted by Crippen LogP contribution is -2.28. The number of benzene rings is 1. The van der Waals surface area contributed by atoms with Gasteiger partial charge in [0.25, 0.3) is 5.91 Å². The summed E-state index contributed by atoms with van der Waals surface area (Å²) >= 11 is 5.90. The van der Waals surface area contributed by atoms with Gasteiger partial charge >= 0.3 is 6.18 Å². The normalized spacial score (nSPS) is 11.0. The van der Waals surface area contributed by atoms with Crippen LogP contribution in [-0.4, -0.2) is 30.3 Å². The third kappa shape index (κ3) is 6.88. The van der Waals surface area contributed by atoms with Crippen molar-refractivity contribution in [2.75, 3.05) is 13.2 Å². The van der Waals surface area contributed by atoms with Crippen LogP contribution in [0.15, 0.2) is 42.6 Å². The summed E-state index contributed by atoms with van der Waals surface area (Å²) in [4.78, 5) is 15.4. The van der Waals surface area contributed by atoms with Crippen molar-refractivity contribution in [2.45, 2.75) is 12.7 Å². The first-order valence-corrected chi connectivity index (χ1v) is 7.50. The maximum Gasteiger partial charge on any atom is 0.422 e. The third-order valence-corrected chi connectivity index (χ3v) is 3.18. The van der Waals surface area contributed by atoms with E-state index >= 15 is 0 Å². The van der Waals surface area contributed by atoms with Gasteiger partial charge in [-0.05, 0) is 23.8 Å². The Morgan fingerprint density at radius 2 is 1.96 bits per heavy atom. The number of pyridine rings is 1. The van der Waals surface area contributed by atoms with Gasteiger partial charge in [0, 0.05) is 18.8 Å². The van der Waals surface area contributed by atoms with Gasteiger partial charge in [0.1, 0.15) is 5.75 Å². The van der Waals surface area contributed by atoms with Crippen LogP contribution in [0.25, 0.3) is 0 Å². The molecule has 1 heterocycles. The molecule has 9 heteroatoms. The van der Waals surface area contributed by atoms with Crippen LogP contribution in [0.4, 0.5) is 13.2 Å². The number of ether oxygens (including phenoxy) is 2. The number of aromatic nitrogens is 1. The second kappa shape index (κ2) is 8.57. The standard InChI is InChI=1S/C16H14ClF3N2O3/c17-12-3-1-2-4-13(12)24-9-14(23)22-8-11-5-6-21-15(7-11)25-10-16(18,19)20/h1-7H,8-10H2,(H,22,23). The lowest BCUT2D eigenvalue weighted by atomic mass is 10.2. The molecule has 0 radical (unpaired) electrons. The molecule has 0 saturated carbocycles. The van der Waals surface area contributed by atoms with Gasteiger partial charge in [0.2, 0.25) is 5.88 Å². The molecule has 0 bridgehead atoms. The largest absolute Gasteiger partial charge is 0.482 e. The first-order valence-electron chi connectivity index (χ1n) is 7.12. The molecular weight excluding hydrogens is 361 g/mol. The molecule has 0 saturated heterocycles. The molecule has 5 nitrogen and oxygen atoms in total. The van der Waals surface area contributed by atoms with E-state index in [1.165, 1.54) is 12.3 Å². The van der Waals surface area contributed by atoms with Crippen LogP contribution in [0.2, 0.25) is 5.02 Å². The van der Waals surface area contributed by atoms with Crippen LogP contribution in [0.1, 0.15) is 5.56 Å². The summed E-state index contributed by atoms with van der Waals surface area (Å²) in [7, 11) is 0. The number of alkyl halides is 3. The SMILES string of the molecule is O=C(COc1ccccc1Cl)NCc1ccnc(OCC(F)(F)F)c1. The molecule has 2 rings (SSSR count). The Balaban J connectivity index is 1.80. The fourth-order valence-corrected chi connectivity index (χ4v) is 1.94. The molecule has 0 aliphatic rings. The molecule has 25 heavy (non-hydrogen) atoms. The highest BCUT2D eigenvalue weighted by atomic mass is 35.5. The molecule has 0 aliphatic heterocycles. The lowest BCUT2D eigenvalue weighted by molar-refractivity contribution is -0.154. The number of hydrogen-bond acceptors (Lipinski definition) is 4. The van der Waals surface area contributed by atoms with E-state index in [2.05, 4.69) is 15.0 Å². The van der Waals surface area contributed by atoms with Crippen molar-refractivity contribution in [1.29, 1.82) is 0 Å². The van der Waals surface area contributed by atoms with Gasteiger partial charge in [-0.15, -0.1) is 0 Å². The Labute approximate surface area is 146 Å². The minimum Gasteiger partial charge on any atom is -0.482 e. The number of carbonyl (C=O) groups excluding carboxylic acids is 1. The molecule has 134 valence electrons. The molecule has 0 aliphatic carbocycles. The number of halogens is 4. The van der Waals surface area contributed by atoms with Crippen LogP contribution >= 0.6 is 11.6 Å². The van der Waals surface area contributed by atoms with Gasteiger partial charge in [-0.3, -0.25) is 4.79 Å². The van der Waals surface area contributed by atoms with E-state index in [1.54, 1.807) is 30.3 Å². The molecule has 0 fully saturated rings. The predicted molar refractivity (Wildman–Crippen MR) is 84.6 cm³/mol. The number of para-hydroxylation sites is 1. The summed E-state index contributed by atoms with van der Waals surface area (Å²) in [6.45, 7) is -1.58. The zero-order chi connectivity index (χ0) is 18.3. The van der Waals surface area contributed by atoms with Crippen LogP contribution in [0.3, 0.4) is 0 Å². The molecule has 0 spiro atoms. The Kier molecular flexibility index (Phi) is 6.46. The minimum atomic E-state index is -4.44. The Morgan fingerprint density at radius 1 is 1.20 bits per heavy atom. The fraction of sp³-hybridized carbons (Fsp3) is 0.250. The van der Waals surface area contributed by atoms with Gasteiger partial charge in [-0.1, -0.05) is 23.7 Å². The van der Waals surface area contributed by atoms with E-state index in [4.69, 9.17) is 16.3 Å². The number of carbonyl (C=O) groups is 1. The van der Waals surface area contributed by atoms with Crippen molar-refractivity contribution in [3.8, 4) is 11.6 Å².